The van der Waals surface area contributed by atoms with Gasteiger partial charge in [0.1, 0.15) is 0 Å². The van der Waals surface area contributed by atoms with E-state index in [-0.39, 0.29) is 12.4 Å². The summed E-state index contributed by atoms with van der Waals surface area (Å²) in [6.45, 7) is 10.6. The lowest BCUT2D eigenvalue weighted by atomic mass is 10.0. The number of rotatable bonds is 21. The molecule has 26 heavy (non-hydrogen) atoms. The first-order valence-electron chi connectivity index (χ1n) is 12.1. The van der Waals surface area contributed by atoms with Crippen molar-refractivity contribution in [2.24, 2.45) is 0 Å². The van der Waals surface area contributed by atoms with Gasteiger partial charge in [-0.05, 0) is 26.1 Å². The van der Waals surface area contributed by atoms with E-state index in [2.05, 4.69) is 25.7 Å². The summed E-state index contributed by atoms with van der Waals surface area (Å²) in [7, 11) is 0. The highest BCUT2D eigenvalue weighted by atomic mass is 35.5. The normalized spacial score (nSPS) is 11.1. The van der Waals surface area contributed by atoms with E-state index in [0.717, 1.165) is 0 Å². The maximum Gasteiger partial charge on any atom is -0.00190 e. The quantitative estimate of drug-likeness (QED) is 0.177. The fraction of sp³-hybridized carbons (Fsp3) is 1.00. The monoisotopic (exact) mass is 389 g/mol. The molecule has 0 heterocycles. The van der Waals surface area contributed by atoms with Crippen LogP contribution in [0.3, 0.4) is 0 Å². The molecule has 0 saturated carbocycles. The Bertz CT molecular complexity index is 228. The molecular weight excluding hydrogens is 338 g/mol. The molecule has 0 unspecified atom stereocenters. The third-order valence-electron chi connectivity index (χ3n) is 5.72. The summed E-state index contributed by atoms with van der Waals surface area (Å²) in [5, 5.41) is 0. The molecule has 0 atom stereocenters. The topological polar surface area (TPSA) is 3.24 Å². The molecular formula is C24H52ClN. The zero-order valence-corrected chi connectivity index (χ0v) is 19.5. The minimum absolute atomic E-state index is 0. The van der Waals surface area contributed by atoms with Crippen LogP contribution in [0.5, 0.6) is 0 Å². The molecule has 0 aliphatic carbocycles. The van der Waals surface area contributed by atoms with Gasteiger partial charge in [0.25, 0.3) is 0 Å². The second-order valence-electron chi connectivity index (χ2n) is 8.04. The van der Waals surface area contributed by atoms with E-state index in [4.69, 9.17) is 0 Å². The SMILES string of the molecule is CCCCCCCCCCCCCCCCCCCCN(CC)CC.Cl. The van der Waals surface area contributed by atoms with E-state index in [1.54, 1.807) is 0 Å². The lowest BCUT2D eigenvalue weighted by Crippen LogP contribution is -2.23. The third-order valence-corrected chi connectivity index (χ3v) is 5.72. The molecule has 0 aliphatic rings. The van der Waals surface area contributed by atoms with E-state index in [9.17, 15) is 0 Å². The summed E-state index contributed by atoms with van der Waals surface area (Å²) in [5.41, 5.74) is 0. The Labute approximate surface area is 173 Å². The first kappa shape index (κ1) is 28.5. The predicted octanol–water partition coefficient (Wildman–Crippen LogP) is 8.79. The van der Waals surface area contributed by atoms with Crippen LogP contribution in [0.25, 0.3) is 0 Å². The van der Waals surface area contributed by atoms with Gasteiger partial charge in [-0.3, -0.25) is 0 Å². The molecule has 0 bridgehead atoms. The van der Waals surface area contributed by atoms with E-state index in [0.29, 0.717) is 0 Å². The standard InChI is InChI=1S/C24H51N.ClH/c1-4-7-8-9-10-11-12-13-14-15-16-17-18-19-20-21-22-23-24-25(5-2)6-3;/h4-24H2,1-3H3;1H. The minimum atomic E-state index is 0. The van der Waals surface area contributed by atoms with Gasteiger partial charge in [0.15, 0.2) is 0 Å². The van der Waals surface area contributed by atoms with Crippen LogP contribution >= 0.6 is 12.4 Å². The predicted molar refractivity (Wildman–Crippen MR) is 124 cm³/mol. The molecule has 0 aromatic rings. The van der Waals surface area contributed by atoms with Crippen molar-refractivity contribution in [1.29, 1.82) is 0 Å². The zero-order valence-electron chi connectivity index (χ0n) is 18.7. The largest absolute Gasteiger partial charge is 0.304 e. The van der Waals surface area contributed by atoms with Crippen molar-refractivity contribution in [3.05, 3.63) is 0 Å². The van der Waals surface area contributed by atoms with Gasteiger partial charge in [0, 0.05) is 0 Å². The Morgan fingerprint density at radius 3 is 0.923 bits per heavy atom. The van der Waals surface area contributed by atoms with Gasteiger partial charge in [-0.2, -0.15) is 0 Å². The summed E-state index contributed by atoms with van der Waals surface area (Å²) in [6.07, 6.45) is 26.4. The summed E-state index contributed by atoms with van der Waals surface area (Å²) in [6, 6.07) is 0. The maximum absolute atomic E-state index is 2.55. The molecule has 0 spiro atoms. The highest BCUT2D eigenvalue weighted by molar-refractivity contribution is 5.85. The van der Waals surface area contributed by atoms with Crippen molar-refractivity contribution >= 4 is 12.4 Å². The first-order valence-corrected chi connectivity index (χ1v) is 12.1. The first-order chi connectivity index (χ1) is 12.3. The van der Waals surface area contributed by atoms with Crippen LogP contribution in [0.4, 0.5) is 0 Å². The highest BCUT2D eigenvalue weighted by Crippen LogP contribution is 2.14. The van der Waals surface area contributed by atoms with Gasteiger partial charge in [-0.25, -0.2) is 0 Å². The Morgan fingerprint density at radius 1 is 0.385 bits per heavy atom. The van der Waals surface area contributed by atoms with E-state index >= 15 is 0 Å². The van der Waals surface area contributed by atoms with Gasteiger partial charge in [0.05, 0.1) is 0 Å². The van der Waals surface area contributed by atoms with Gasteiger partial charge < -0.3 is 4.90 Å². The fourth-order valence-corrected chi connectivity index (χ4v) is 3.78. The van der Waals surface area contributed by atoms with Crippen molar-refractivity contribution in [2.75, 3.05) is 19.6 Å². The lowest BCUT2D eigenvalue weighted by molar-refractivity contribution is 0.295. The van der Waals surface area contributed by atoms with E-state index in [1.165, 1.54) is 135 Å². The van der Waals surface area contributed by atoms with Crippen LogP contribution in [0.1, 0.15) is 136 Å². The van der Waals surface area contributed by atoms with Gasteiger partial charge >= 0.3 is 0 Å². The Morgan fingerprint density at radius 2 is 0.654 bits per heavy atom. The highest BCUT2D eigenvalue weighted by Gasteiger charge is 1.98. The molecule has 0 saturated heterocycles. The van der Waals surface area contributed by atoms with Crippen molar-refractivity contribution < 1.29 is 0 Å². The summed E-state index contributed by atoms with van der Waals surface area (Å²) >= 11 is 0. The van der Waals surface area contributed by atoms with Crippen molar-refractivity contribution in [3.63, 3.8) is 0 Å². The maximum atomic E-state index is 2.55. The number of unbranched alkanes of at least 4 members (excludes halogenated alkanes) is 17. The zero-order chi connectivity index (χ0) is 18.4. The average molecular weight is 390 g/mol. The second-order valence-corrected chi connectivity index (χ2v) is 8.04. The molecule has 160 valence electrons. The molecule has 0 rings (SSSR count). The smallest absolute Gasteiger partial charge is 0.00190 e. The van der Waals surface area contributed by atoms with Gasteiger partial charge in [-0.1, -0.05) is 130 Å². The number of nitrogens with zero attached hydrogens (tertiary/aromatic N) is 1. The third kappa shape index (κ3) is 22.3. The van der Waals surface area contributed by atoms with Crippen molar-refractivity contribution in [1.82, 2.24) is 4.90 Å². The molecule has 0 aliphatic heterocycles. The molecule has 0 radical (unpaired) electrons. The van der Waals surface area contributed by atoms with Crippen molar-refractivity contribution in [3.8, 4) is 0 Å². The summed E-state index contributed by atoms with van der Waals surface area (Å²) < 4.78 is 0. The Balaban J connectivity index is 0. The Kier molecular flexibility index (Phi) is 27.6. The average Bonchev–Trinajstić information content (AvgIpc) is 2.64. The second kappa shape index (κ2) is 25.2. The van der Waals surface area contributed by atoms with Crippen LogP contribution in [-0.4, -0.2) is 24.5 Å². The van der Waals surface area contributed by atoms with E-state index < -0.39 is 0 Å². The minimum Gasteiger partial charge on any atom is -0.304 e. The van der Waals surface area contributed by atoms with Crippen molar-refractivity contribution in [2.45, 2.75) is 136 Å². The van der Waals surface area contributed by atoms with Gasteiger partial charge in [0.2, 0.25) is 0 Å². The Hall–Kier alpha value is 0.250. The summed E-state index contributed by atoms with van der Waals surface area (Å²) in [4.78, 5) is 2.55. The lowest BCUT2D eigenvalue weighted by Gasteiger charge is -2.17. The molecule has 2 heteroatoms. The number of hydrogen-bond acceptors (Lipinski definition) is 1. The molecule has 0 amide bonds. The van der Waals surface area contributed by atoms with Crippen LogP contribution in [0.2, 0.25) is 0 Å². The van der Waals surface area contributed by atoms with Gasteiger partial charge in [-0.15, -0.1) is 12.4 Å². The van der Waals surface area contributed by atoms with Crippen LogP contribution < -0.4 is 0 Å². The van der Waals surface area contributed by atoms with Crippen LogP contribution in [-0.2, 0) is 0 Å². The van der Waals surface area contributed by atoms with Crippen LogP contribution in [0.15, 0.2) is 0 Å². The number of hydrogen-bond donors (Lipinski definition) is 0. The molecule has 0 fully saturated rings. The molecule has 0 N–H and O–H groups in total. The molecule has 0 aromatic heterocycles. The fourth-order valence-electron chi connectivity index (χ4n) is 3.78. The summed E-state index contributed by atoms with van der Waals surface area (Å²) in [5.74, 6) is 0. The number of halogens is 1. The molecule has 0 aromatic carbocycles. The van der Waals surface area contributed by atoms with E-state index in [1.807, 2.05) is 0 Å². The van der Waals surface area contributed by atoms with Crippen LogP contribution in [0, 0.1) is 0 Å². The molecule has 1 nitrogen and oxygen atoms in total.